The van der Waals surface area contributed by atoms with Gasteiger partial charge in [0.05, 0.1) is 0 Å². The van der Waals surface area contributed by atoms with Crippen molar-refractivity contribution in [2.45, 2.75) is 25.4 Å². The fourth-order valence-corrected chi connectivity index (χ4v) is 2.18. The number of thiocarbonyl (C=S) groups is 1. The van der Waals surface area contributed by atoms with Crippen molar-refractivity contribution in [1.29, 1.82) is 0 Å². The Kier molecular flexibility index (Phi) is 4.81. The molecule has 0 aromatic carbocycles. The van der Waals surface area contributed by atoms with Gasteiger partial charge >= 0.3 is 6.18 Å². The highest BCUT2D eigenvalue weighted by Crippen LogP contribution is 2.31. The highest BCUT2D eigenvalue weighted by Gasteiger charge is 2.34. The van der Waals surface area contributed by atoms with Crippen molar-refractivity contribution in [3.8, 4) is 0 Å². The summed E-state index contributed by atoms with van der Waals surface area (Å²) in [7, 11) is 1.56. The van der Waals surface area contributed by atoms with Crippen molar-refractivity contribution in [2.24, 2.45) is 0 Å². The smallest absolute Gasteiger partial charge is 0.365 e. The maximum Gasteiger partial charge on any atom is 0.433 e. The summed E-state index contributed by atoms with van der Waals surface area (Å²) in [6.45, 7) is 1.40. The average molecular weight is 319 g/mol. The molecule has 0 atom stereocenters. The first-order valence-corrected chi connectivity index (χ1v) is 7.01. The van der Waals surface area contributed by atoms with Gasteiger partial charge in [-0.05, 0) is 31.5 Å². The number of piperidine rings is 1. The first-order valence-electron chi connectivity index (χ1n) is 6.60. The van der Waals surface area contributed by atoms with E-state index in [1.165, 1.54) is 0 Å². The SMILES string of the molecule is CNC(=S)Nc1nc(N2CCCCC2)cc(C(F)(F)F)n1. The molecular weight excluding hydrogens is 303 g/mol. The number of aromatic nitrogens is 2. The van der Waals surface area contributed by atoms with E-state index in [-0.39, 0.29) is 16.9 Å². The minimum Gasteiger partial charge on any atom is -0.365 e. The van der Waals surface area contributed by atoms with Gasteiger partial charge < -0.3 is 15.5 Å². The number of alkyl halides is 3. The first-order chi connectivity index (χ1) is 9.90. The van der Waals surface area contributed by atoms with Gasteiger partial charge in [-0.15, -0.1) is 0 Å². The zero-order valence-electron chi connectivity index (χ0n) is 11.5. The van der Waals surface area contributed by atoms with Crippen LogP contribution in [0.25, 0.3) is 0 Å². The molecule has 1 fully saturated rings. The fourth-order valence-electron chi connectivity index (χ4n) is 2.08. The third-order valence-electron chi connectivity index (χ3n) is 3.14. The third kappa shape index (κ3) is 4.16. The predicted molar refractivity (Wildman–Crippen MR) is 78.4 cm³/mol. The fraction of sp³-hybridized carbons (Fsp3) is 0.583. The molecule has 1 aromatic heterocycles. The summed E-state index contributed by atoms with van der Waals surface area (Å²) in [5.41, 5.74) is -0.973. The van der Waals surface area contributed by atoms with Gasteiger partial charge in [-0.1, -0.05) is 0 Å². The van der Waals surface area contributed by atoms with Crippen molar-refractivity contribution in [3.63, 3.8) is 0 Å². The lowest BCUT2D eigenvalue weighted by Crippen LogP contribution is -2.32. The molecule has 21 heavy (non-hydrogen) atoms. The Hall–Kier alpha value is -1.64. The zero-order valence-corrected chi connectivity index (χ0v) is 12.3. The van der Waals surface area contributed by atoms with Gasteiger partial charge in [0.2, 0.25) is 5.95 Å². The molecule has 1 saturated heterocycles. The van der Waals surface area contributed by atoms with Gasteiger partial charge in [0.15, 0.2) is 10.8 Å². The largest absolute Gasteiger partial charge is 0.433 e. The predicted octanol–water partition coefficient (Wildman–Crippen LogP) is 2.40. The molecule has 0 saturated carbocycles. The van der Waals surface area contributed by atoms with Crippen LogP contribution in [0.1, 0.15) is 25.0 Å². The summed E-state index contributed by atoms with van der Waals surface area (Å²) in [6.07, 6.45) is -1.54. The Labute approximate surface area is 125 Å². The van der Waals surface area contributed by atoms with Crippen LogP contribution < -0.4 is 15.5 Å². The molecule has 5 nitrogen and oxygen atoms in total. The first kappa shape index (κ1) is 15.7. The molecule has 0 amide bonds. The van der Waals surface area contributed by atoms with E-state index in [0.717, 1.165) is 25.3 Å². The van der Waals surface area contributed by atoms with Gasteiger partial charge in [-0.25, -0.2) is 4.98 Å². The number of nitrogens with one attached hydrogen (secondary N) is 2. The van der Waals surface area contributed by atoms with Crippen LogP contribution in [-0.4, -0.2) is 35.2 Å². The normalized spacial score (nSPS) is 15.7. The Morgan fingerprint density at radius 2 is 1.90 bits per heavy atom. The quantitative estimate of drug-likeness (QED) is 0.817. The second-order valence-corrected chi connectivity index (χ2v) is 5.09. The van der Waals surface area contributed by atoms with Gasteiger partial charge in [0, 0.05) is 26.2 Å². The lowest BCUT2D eigenvalue weighted by molar-refractivity contribution is -0.141. The number of halogens is 3. The maximum absolute atomic E-state index is 12.9. The zero-order chi connectivity index (χ0) is 15.5. The van der Waals surface area contributed by atoms with Crippen molar-refractivity contribution in [1.82, 2.24) is 15.3 Å². The van der Waals surface area contributed by atoms with E-state index in [9.17, 15) is 13.2 Å². The molecule has 2 rings (SSSR count). The van der Waals surface area contributed by atoms with Crippen molar-refractivity contribution < 1.29 is 13.2 Å². The molecule has 0 bridgehead atoms. The van der Waals surface area contributed by atoms with Crippen molar-refractivity contribution in [2.75, 3.05) is 30.4 Å². The Bertz CT molecular complexity index is 514. The summed E-state index contributed by atoms with van der Waals surface area (Å²) in [4.78, 5) is 9.46. The van der Waals surface area contributed by atoms with Crippen molar-refractivity contribution in [3.05, 3.63) is 11.8 Å². The second kappa shape index (κ2) is 6.42. The molecule has 9 heteroatoms. The van der Waals surface area contributed by atoms with Crippen LogP contribution in [-0.2, 0) is 6.18 Å². The molecule has 2 heterocycles. The number of nitrogens with zero attached hydrogens (tertiary/aromatic N) is 3. The summed E-state index contributed by atoms with van der Waals surface area (Å²) in [5.74, 6) is 0.128. The highest BCUT2D eigenvalue weighted by atomic mass is 32.1. The van der Waals surface area contributed by atoms with E-state index in [0.29, 0.717) is 13.1 Å². The minimum atomic E-state index is -4.52. The van der Waals surface area contributed by atoms with Crippen molar-refractivity contribution >= 4 is 29.1 Å². The minimum absolute atomic E-state index is 0.148. The van der Waals surface area contributed by atoms with E-state index < -0.39 is 11.9 Å². The number of hydrogen-bond acceptors (Lipinski definition) is 4. The Morgan fingerprint density at radius 1 is 1.24 bits per heavy atom. The molecule has 0 unspecified atom stereocenters. The number of rotatable bonds is 2. The van der Waals surface area contributed by atoms with Gasteiger partial charge in [-0.2, -0.15) is 18.2 Å². The lowest BCUT2D eigenvalue weighted by Gasteiger charge is -2.28. The molecule has 0 radical (unpaired) electrons. The van der Waals surface area contributed by atoms with Gasteiger partial charge in [0.25, 0.3) is 0 Å². The Morgan fingerprint density at radius 3 is 2.48 bits per heavy atom. The van der Waals surface area contributed by atoms with Crippen LogP contribution in [0.3, 0.4) is 0 Å². The van der Waals surface area contributed by atoms with Gasteiger partial charge in [-0.3, -0.25) is 0 Å². The van der Waals surface area contributed by atoms with Gasteiger partial charge in [0.1, 0.15) is 5.82 Å². The van der Waals surface area contributed by atoms with E-state index in [2.05, 4.69) is 20.6 Å². The van der Waals surface area contributed by atoms with E-state index in [1.807, 2.05) is 4.90 Å². The summed E-state index contributed by atoms with van der Waals surface area (Å²) >= 11 is 4.88. The molecule has 1 aromatic rings. The molecule has 1 aliphatic rings. The molecule has 116 valence electrons. The Balaban J connectivity index is 2.34. The number of hydrogen-bond donors (Lipinski definition) is 2. The van der Waals surface area contributed by atoms with Crippen LogP contribution in [0, 0.1) is 0 Å². The standard InChI is InChI=1S/C12H16F3N5S/c1-16-11(21)19-10-17-8(12(13,14)15)7-9(18-10)20-5-3-2-4-6-20/h7H,2-6H2,1H3,(H2,16,17,18,19,21). The topological polar surface area (TPSA) is 53.1 Å². The molecule has 1 aliphatic heterocycles. The van der Waals surface area contributed by atoms with Crippen LogP contribution in [0.2, 0.25) is 0 Å². The monoisotopic (exact) mass is 319 g/mol. The highest BCUT2D eigenvalue weighted by molar-refractivity contribution is 7.80. The molecular formula is C12H16F3N5S. The molecule has 0 spiro atoms. The number of anilines is 2. The second-order valence-electron chi connectivity index (χ2n) is 4.68. The summed E-state index contributed by atoms with van der Waals surface area (Å²) < 4.78 is 38.8. The van der Waals surface area contributed by atoms with E-state index in [4.69, 9.17) is 12.2 Å². The summed E-state index contributed by atoms with van der Waals surface area (Å²) in [5, 5.41) is 5.34. The third-order valence-corrected chi connectivity index (χ3v) is 3.44. The van der Waals surface area contributed by atoms with Crippen LogP contribution in [0.5, 0.6) is 0 Å². The molecule has 0 aliphatic carbocycles. The van der Waals surface area contributed by atoms with E-state index in [1.54, 1.807) is 7.05 Å². The van der Waals surface area contributed by atoms with E-state index >= 15 is 0 Å². The summed E-state index contributed by atoms with van der Waals surface area (Å²) in [6, 6.07) is 0.985. The lowest BCUT2D eigenvalue weighted by atomic mass is 10.1. The molecule has 2 N–H and O–H groups in total. The van der Waals surface area contributed by atoms with Crippen LogP contribution >= 0.6 is 12.2 Å². The van der Waals surface area contributed by atoms with Crippen LogP contribution in [0.15, 0.2) is 6.07 Å². The average Bonchev–Trinajstić information content (AvgIpc) is 2.47. The maximum atomic E-state index is 12.9. The van der Waals surface area contributed by atoms with Crippen LogP contribution in [0.4, 0.5) is 24.9 Å².